The fraction of sp³-hybridized carbons (Fsp3) is 0.500. The number of hydrogen-bond acceptors (Lipinski definition) is 5. The second-order valence-electron chi connectivity index (χ2n) is 8.31. The van der Waals surface area contributed by atoms with Crippen molar-refractivity contribution in [3.8, 4) is 0 Å². The van der Waals surface area contributed by atoms with Gasteiger partial charge in [-0.1, -0.05) is 18.6 Å². The van der Waals surface area contributed by atoms with Crippen molar-refractivity contribution < 1.29 is 13.9 Å². The number of fused-ring (bicyclic) bond motifs is 1. The van der Waals surface area contributed by atoms with E-state index in [4.69, 9.17) is 17.0 Å². The smallest absolute Gasteiger partial charge is 0.341 e. The average Bonchev–Trinajstić information content (AvgIpc) is 2.94. The van der Waals surface area contributed by atoms with Crippen LogP contribution in [0.25, 0.3) is 0 Å². The van der Waals surface area contributed by atoms with Crippen LogP contribution in [-0.2, 0) is 24.1 Å². The van der Waals surface area contributed by atoms with Gasteiger partial charge in [-0.2, -0.15) is 0 Å². The fourth-order valence-electron chi connectivity index (χ4n) is 4.43. The molecule has 1 aromatic carbocycles. The van der Waals surface area contributed by atoms with Gasteiger partial charge in [0.1, 0.15) is 10.8 Å². The number of benzene rings is 1. The Morgan fingerprint density at radius 1 is 1.19 bits per heavy atom. The van der Waals surface area contributed by atoms with Gasteiger partial charge in [-0.3, -0.25) is 4.90 Å². The van der Waals surface area contributed by atoms with Gasteiger partial charge in [-0.05, 0) is 68.1 Å². The summed E-state index contributed by atoms with van der Waals surface area (Å²) < 4.78 is 18.8. The SMILES string of the molecule is CCOC(=O)c1c(NC(=S)N2CCN(Cc3cccc(F)c3)CC2)sc2c1CCCCC2. The van der Waals surface area contributed by atoms with E-state index >= 15 is 0 Å². The van der Waals surface area contributed by atoms with Gasteiger partial charge in [-0.25, -0.2) is 9.18 Å². The standard InChI is InChI=1S/C24H30FN3O2S2/c1-2-30-23(29)21-19-9-4-3-5-10-20(19)32-22(21)26-24(31)28-13-11-27(12-14-28)16-17-7-6-8-18(25)15-17/h6-8,15H,2-5,9-14,16H2,1H3,(H,26,31). The molecule has 2 aromatic rings. The Hall–Kier alpha value is -2.03. The van der Waals surface area contributed by atoms with Crippen LogP contribution in [0.4, 0.5) is 9.39 Å². The largest absolute Gasteiger partial charge is 0.462 e. The van der Waals surface area contributed by atoms with Gasteiger partial charge in [-0.15, -0.1) is 11.3 Å². The number of piperazine rings is 1. The van der Waals surface area contributed by atoms with E-state index in [0.29, 0.717) is 17.3 Å². The number of hydrogen-bond donors (Lipinski definition) is 1. The molecule has 172 valence electrons. The molecule has 1 aliphatic heterocycles. The summed E-state index contributed by atoms with van der Waals surface area (Å²) in [6, 6.07) is 6.78. The molecule has 2 heterocycles. The van der Waals surface area contributed by atoms with Crippen molar-refractivity contribution in [2.24, 2.45) is 0 Å². The lowest BCUT2D eigenvalue weighted by Crippen LogP contribution is -2.49. The van der Waals surface area contributed by atoms with Gasteiger partial charge in [0.2, 0.25) is 0 Å². The molecule has 8 heteroatoms. The number of carbonyl (C=O) groups is 1. The van der Waals surface area contributed by atoms with Crippen molar-refractivity contribution in [2.45, 2.75) is 45.6 Å². The molecule has 0 saturated carbocycles. The van der Waals surface area contributed by atoms with E-state index < -0.39 is 0 Å². The van der Waals surface area contributed by atoms with E-state index in [2.05, 4.69) is 15.1 Å². The summed E-state index contributed by atoms with van der Waals surface area (Å²) in [6.07, 6.45) is 5.40. The zero-order valence-electron chi connectivity index (χ0n) is 18.5. The maximum Gasteiger partial charge on any atom is 0.341 e. The third-order valence-electron chi connectivity index (χ3n) is 6.08. The maximum absolute atomic E-state index is 13.5. The minimum Gasteiger partial charge on any atom is -0.462 e. The number of anilines is 1. The quantitative estimate of drug-likeness (QED) is 0.379. The predicted octanol–water partition coefficient (Wildman–Crippen LogP) is 4.85. The molecule has 0 radical (unpaired) electrons. The summed E-state index contributed by atoms with van der Waals surface area (Å²) in [6.45, 7) is 6.22. The monoisotopic (exact) mass is 475 g/mol. The molecule has 0 bridgehead atoms. The lowest BCUT2D eigenvalue weighted by atomic mass is 10.1. The van der Waals surface area contributed by atoms with E-state index in [-0.39, 0.29) is 11.8 Å². The highest BCUT2D eigenvalue weighted by Gasteiger charge is 2.27. The summed E-state index contributed by atoms with van der Waals surface area (Å²) >= 11 is 7.37. The Kier molecular flexibility index (Phi) is 7.75. The highest BCUT2D eigenvalue weighted by atomic mass is 32.1. The lowest BCUT2D eigenvalue weighted by Gasteiger charge is -2.36. The number of nitrogens with one attached hydrogen (secondary N) is 1. The summed E-state index contributed by atoms with van der Waals surface area (Å²) in [4.78, 5) is 18.5. The molecule has 1 N–H and O–H groups in total. The van der Waals surface area contributed by atoms with Crippen LogP contribution in [0, 0.1) is 5.82 Å². The highest BCUT2D eigenvalue weighted by Crippen LogP contribution is 2.38. The van der Waals surface area contributed by atoms with Crippen LogP contribution >= 0.6 is 23.6 Å². The van der Waals surface area contributed by atoms with Crippen molar-refractivity contribution in [2.75, 3.05) is 38.1 Å². The number of rotatable bonds is 5. The second kappa shape index (κ2) is 10.7. The number of thiophene rings is 1. The Labute approximate surface area is 198 Å². The first kappa shape index (κ1) is 23.1. The molecule has 32 heavy (non-hydrogen) atoms. The number of esters is 1. The van der Waals surface area contributed by atoms with Crippen molar-refractivity contribution in [1.82, 2.24) is 9.80 Å². The zero-order valence-corrected chi connectivity index (χ0v) is 20.1. The van der Waals surface area contributed by atoms with Crippen LogP contribution in [0.5, 0.6) is 0 Å². The Morgan fingerprint density at radius 3 is 2.72 bits per heavy atom. The maximum atomic E-state index is 13.5. The number of ether oxygens (including phenoxy) is 1. The van der Waals surface area contributed by atoms with E-state index in [1.807, 2.05) is 13.0 Å². The van der Waals surface area contributed by atoms with E-state index in [1.165, 1.54) is 17.4 Å². The van der Waals surface area contributed by atoms with Gasteiger partial charge in [0, 0.05) is 37.6 Å². The minimum absolute atomic E-state index is 0.196. The van der Waals surface area contributed by atoms with Crippen molar-refractivity contribution in [3.05, 3.63) is 51.7 Å². The first-order valence-electron chi connectivity index (χ1n) is 11.4. The Bertz CT molecular complexity index is 970. The van der Waals surface area contributed by atoms with Crippen LogP contribution in [0.1, 0.15) is 52.5 Å². The number of aryl methyl sites for hydroxylation is 1. The lowest BCUT2D eigenvalue weighted by molar-refractivity contribution is 0.0527. The molecule has 0 amide bonds. The topological polar surface area (TPSA) is 44.8 Å². The molecule has 1 aromatic heterocycles. The predicted molar refractivity (Wildman–Crippen MR) is 131 cm³/mol. The van der Waals surface area contributed by atoms with Gasteiger partial charge < -0.3 is 15.0 Å². The molecular formula is C24H30FN3O2S2. The van der Waals surface area contributed by atoms with Crippen LogP contribution in [-0.4, -0.2) is 53.7 Å². The molecule has 1 fully saturated rings. The molecule has 0 atom stereocenters. The summed E-state index contributed by atoms with van der Waals surface area (Å²) in [5.74, 6) is -0.449. The summed E-state index contributed by atoms with van der Waals surface area (Å²) in [5, 5.41) is 4.85. The molecule has 1 aliphatic carbocycles. The van der Waals surface area contributed by atoms with Crippen molar-refractivity contribution >= 4 is 39.6 Å². The minimum atomic E-state index is -0.253. The van der Waals surface area contributed by atoms with Crippen LogP contribution in [0.15, 0.2) is 24.3 Å². The van der Waals surface area contributed by atoms with E-state index in [1.54, 1.807) is 23.5 Å². The van der Waals surface area contributed by atoms with Crippen LogP contribution < -0.4 is 5.32 Å². The van der Waals surface area contributed by atoms with Crippen molar-refractivity contribution in [3.63, 3.8) is 0 Å². The van der Waals surface area contributed by atoms with E-state index in [9.17, 15) is 9.18 Å². The Morgan fingerprint density at radius 2 is 1.97 bits per heavy atom. The first-order valence-corrected chi connectivity index (χ1v) is 12.6. The molecule has 2 aliphatic rings. The molecule has 4 rings (SSSR count). The number of carbonyl (C=O) groups excluding carboxylic acids is 1. The Balaban J connectivity index is 1.40. The summed E-state index contributed by atoms with van der Waals surface area (Å²) in [7, 11) is 0. The summed E-state index contributed by atoms with van der Waals surface area (Å²) in [5.41, 5.74) is 2.82. The molecular weight excluding hydrogens is 445 g/mol. The zero-order chi connectivity index (χ0) is 22.5. The molecule has 5 nitrogen and oxygen atoms in total. The number of thiocarbonyl (C=S) groups is 1. The van der Waals surface area contributed by atoms with Gasteiger partial charge >= 0.3 is 5.97 Å². The first-order chi connectivity index (χ1) is 15.5. The molecule has 0 unspecified atom stereocenters. The normalized spacial score (nSPS) is 16.9. The second-order valence-corrected chi connectivity index (χ2v) is 9.80. The highest BCUT2D eigenvalue weighted by molar-refractivity contribution is 7.80. The van der Waals surface area contributed by atoms with E-state index in [0.717, 1.165) is 74.5 Å². The molecule has 0 spiro atoms. The van der Waals surface area contributed by atoms with Gasteiger partial charge in [0.25, 0.3) is 0 Å². The van der Waals surface area contributed by atoms with Crippen LogP contribution in [0.3, 0.4) is 0 Å². The van der Waals surface area contributed by atoms with Crippen molar-refractivity contribution in [1.29, 1.82) is 0 Å². The third kappa shape index (κ3) is 5.47. The number of nitrogens with zero attached hydrogens (tertiary/aromatic N) is 2. The fourth-order valence-corrected chi connectivity index (χ4v) is 6.05. The van der Waals surface area contributed by atoms with Gasteiger partial charge in [0.15, 0.2) is 5.11 Å². The van der Waals surface area contributed by atoms with Gasteiger partial charge in [0.05, 0.1) is 12.2 Å². The number of halogens is 1. The van der Waals surface area contributed by atoms with Crippen LogP contribution in [0.2, 0.25) is 0 Å². The third-order valence-corrected chi connectivity index (χ3v) is 7.64. The average molecular weight is 476 g/mol. The molecule has 1 saturated heterocycles.